The zero-order valence-electron chi connectivity index (χ0n) is 6.61. The summed E-state index contributed by atoms with van der Waals surface area (Å²) in [4.78, 5) is -0.332. The van der Waals surface area contributed by atoms with E-state index >= 15 is 0 Å². The Morgan fingerprint density at radius 2 is 1.79 bits per heavy atom. The highest BCUT2D eigenvalue weighted by molar-refractivity contribution is 7.85. The zero-order valence-corrected chi connectivity index (χ0v) is 8.25. The average molecular weight is 237 g/mol. The lowest BCUT2D eigenvalue weighted by Gasteiger charge is -2.06. The van der Waals surface area contributed by atoms with Gasteiger partial charge < -0.3 is 8.74 Å². The molecule has 1 rings (SSSR count). The average Bonchev–Trinajstić information content (AvgIpc) is 2.02. The van der Waals surface area contributed by atoms with Crippen LogP contribution in [0.4, 0.5) is 0 Å². The molecule has 0 saturated heterocycles. The predicted molar refractivity (Wildman–Crippen MR) is 45.8 cm³/mol. The normalized spacial score (nSPS) is 13.6. The van der Waals surface area contributed by atoms with E-state index in [1.807, 2.05) is 0 Å². The van der Waals surface area contributed by atoms with E-state index in [0.717, 1.165) is 24.3 Å². The largest absolute Gasteiger partial charge is 0.740 e. The lowest BCUT2D eigenvalue weighted by atomic mass is 10.3. The van der Waals surface area contributed by atoms with Crippen LogP contribution in [-0.2, 0) is 21.5 Å². The molecule has 78 valence electrons. The van der Waals surface area contributed by atoms with Crippen molar-refractivity contribution < 1.29 is 25.9 Å². The zero-order chi connectivity index (χ0) is 10.8. The van der Waals surface area contributed by atoms with Gasteiger partial charge in [0, 0.05) is 0 Å². The van der Waals surface area contributed by atoms with Crippen LogP contribution in [0.25, 0.3) is 0 Å². The summed E-state index contributed by atoms with van der Waals surface area (Å²) < 4.78 is 54.0. The highest BCUT2D eigenvalue weighted by Crippen LogP contribution is 2.15. The fourth-order valence-electron chi connectivity index (χ4n) is 0.746. The van der Waals surface area contributed by atoms with Crippen molar-refractivity contribution in [2.75, 3.05) is 0 Å². The molecule has 0 aliphatic carbocycles. The van der Waals surface area contributed by atoms with Crippen molar-refractivity contribution in [3.63, 3.8) is 0 Å². The van der Waals surface area contributed by atoms with Gasteiger partial charge in [0.15, 0.2) is 0 Å². The van der Waals surface area contributed by atoms with Gasteiger partial charge in [-0.25, -0.2) is 4.21 Å². The predicted octanol–water partition coefficient (Wildman–Crippen LogP) is 0.106. The van der Waals surface area contributed by atoms with Crippen LogP contribution in [-0.4, -0.2) is 21.7 Å². The van der Waals surface area contributed by atoms with Gasteiger partial charge in [0.1, 0.15) is 17.1 Å². The van der Waals surface area contributed by atoms with E-state index in [0.29, 0.717) is 0 Å². The highest BCUT2D eigenvalue weighted by atomic mass is 32.2. The van der Waals surface area contributed by atoms with Gasteiger partial charge in [-0.2, -0.15) is 8.42 Å². The Kier molecular flexibility index (Phi) is 3.21. The van der Waals surface area contributed by atoms with Crippen LogP contribution in [0.5, 0.6) is 5.75 Å². The van der Waals surface area contributed by atoms with Crippen LogP contribution in [0.2, 0.25) is 0 Å². The second kappa shape index (κ2) is 4.05. The first-order valence-corrected chi connectivity index (χ1v) is 5.69. The molecule has 1 N–H and O–H groups in total. The standard InChI is InChI=1S/C6H6O6S2/c7-13(8)12-5-1-3-6(4-2-5)14(9,10)11/h1-4H,(H,7,8)(H,9,10,11)/p-1. The third kappa shape index (κ3) is 3.07. The molecule has 8 heteroatoms. The summed E-state index contributed by atoms with van der Waals surface area (Å²) in [6.45, 7) is 0. The monoisotopic (exact) mass is 237 g/mol. The molecule has 0 fully saturated rings. The molecular formula is C6H5O6S2-. The van der Waals surface area contributed by atoms with E-state index < -0.39 is 21.5 Å². The molecule has 0 heterocycles. The maximum atomic E-state index is 10.6. The molecule has 0 spiro atoms. The van der Waals surface area contributed by atoms with Gasteiger partial charge in [-0.3, -0.25) is 4.55 Å². The Morgan fingerprint density at radius 3 is 2.14 bits per heavy atom. The lowest BCUT2D eigenvalue weighted by molar-refractivity contribution is 0.440. The Morgan fingerprint density at radius 1 is 1.29 bits per heavy atom. The molecule has 1 aromatic rings. The Balaban J connectivity index is 2.95. The van der Waals surface area contributed by atoms with E-state index in [-0.39, 0.29) is 10.6 Å². The van der Waals surface area contributed by atoms with Crippen molar-refractivity contribution in [1.82, 2.24) is 0 Å². The second-order valence-electron chi connectivity index (χ2n) is 2.23. The molecule has 0 aliphatic heterocycles. The van der Waals surface area contributed by atoms with Crippen LogP contribution in [0, 0.1) is 0 Å². The second-order valence-corrected chi connectivity index (χ2v) is 4.23. The molecule has 1 unspecified atom stereocenters. The summed E-state index contributed by atoms with van der Waals surface area (Å²) >= 11 is -2.71. The Labute approximate surface area is 82.8 Å². The number of hydrogen-bond donors (Lipinski definition) is 1. The van der Waals surface area contributed by atoms with Gasteiger partial charge in [-0.1, -0.05) is 0 Å². The lowest BCUT2D eigenvalue weighted by Crippen LogP contribution is -2.00. The minimum atomic E-state index is -4.26. The summed E-state index contributed by atoms with van der Waals surface area (Å²) in [5.41, 5.74) is 0. The smallest absolute Gasteiger partial charge is 0.294 e. The molecule has 0 bridgehead atoms. The highest BCUT2D eigenvalue weighted by Gasteiger charge is 2.08. The fourth-order valence-corrected chi connectivity index (χ4v) is 1.49. The van der Waals surface area contributed by atoms with Crippen molar-refractivity contribution in [2.24, 2.45) is 0 Å². The van der Waals surface area contributed by atoms with Gasteiger partial charge in [0.05, 0.1) is 4.90 Å². The quantitative estimate of drug-likeness (QED) is 0.591. The van der Waals surface area contributed by atoms with E-state index in [1.54, 1.807) is 0 Å². The van der Waals surface area contributed by atoms with Gasteiger partial charge in [-0.05, 0) is 24.3 Å². The van der Waals surface area contributed by atoms with Crippen molar-refractivity contribution in [3.05, 3.63) is 24.3 Å². The summed E-state index contributed by atoms with van der Waals surface area (Å²) in [5.74, 6) is -0.0364. The van der Waals surface area contributed by atoms with Crippen molar-refractivity contribution >= 4 is 21.5 Å². The maximum absolute atomic E-state index is 10.6. The number of rotatable bonds is 3. The fraction of sp³-hybridized carbons (Fsp3) is 0. The molecule has 0 amide bonds. The topological polar surface area (TPSA) is 104 Å². The Hall–Kier alpha value is -0.960. The molecule has 1 atom stereocenters. The third-order valence-electron chi connectivity index (χ3n) is 1.29. The van der Waals surface area contributed by atoms with Gasteiger partial charge in [-0.15, -0.1) is 0 Å². The van der Waals surface area contributed by atoms with Crippen LogP contribution in [0.3, 0.4) is 0 Å². The molecule has 0 radical (unpaired) electrons. The molecule has 0 aromatic heterocycles. The third-order valence-corrected chi connectivity index (χ3v) is 2.48. The van der Waals surface area contributed by atoms with Gasteiger partial charge in [0.25, 0.3) is 10.1 Å². The minimum absolute atomic E-state index is 0.0364. The van der Waals surface area contributed by atoms with E-state index in [2.05, 4.69) is 4.18 Å². The van der Waals surface area contributed by atoms with E-state index in [1.165, 1.54) is 0 Å². The van der Waals surface area contributed by atoms with E-state index in [4.69, 9.17) is 4.55 Å². The summed E-state index contributed by atoms with van der Waals surface area (Å²) in [7, 11) is -4.26. The van der Waals surface area contributed by atoms with Crippen LogP contribution in [0.15, 0.2) is 29.2 Å². The van der Waals surface area contributed by atoms with Crippen molar-refractivity contribution in [2.45, 2.75) is 4.90 Å². The molecular weight excluding hydrogens is 232 g/mol. The van der Waals surface area contributed by atoms with Crippen LogP contribution in [0.1, 0.15) is 0 Å². The first-order valence-electron chi connectivity index (χ1n) is 3.25. The first-order chi connectivity index (χ1) is 6.39. The van der Waals surface area contributed by atoms with Gasteiger partial charge >= 0.3 is 0 Å². The molecule has 0 saturated carbocycles. The van der Waals surface area contributed by atoms with Crippen molar-refractivity contribution in [3.8, 4) is 5.75 Å². The molecule has 14 heavy (non-hydrogen) atoms. The minimum Gasteiger partial charge on any atom is -0.740 e. The Bertz CT molecular complexity index is 434. The maximum Gasteiger partial charge on any atom is 0.294 e. The van der Waals surface area contributed by atoms with E-state index in [9.17, 15) is 17.2 Å². The molecule has 6 nitrogen and oxygen atoms in total. The van der Waals surface area contributed by atoms with Crippen LogP contribution < -0.4 is 4.18 Å². The molecule has 1 aromatic carbocycles. The number of hydrogen-bond acceptors (Lipinski definition) is 5. The molecule has 0 aliphatic rings. The summed E-state index contributed by atoms with van der Waals surface area (Å²) in [5, 5.41) is 0. The first kappa shape index (κ1) is 11.1. The van der Waals surface area contributed by atoms with Gasteiger partial charge in [0.2, 0.25) is 0 Å². The number of benzene rings is 1. The van der Waals surface area contributed by atoms with Crippen molar-refractivity contribution in [1.29, 1.82) is 0 Å². The SMILES string of the molecule is O=S([O-])Oc1ccc(S(=O)(=O)O)cc1. The van der Waals surface area contributed by atoms with Crippen LogP contribution >= 0.6 is 0 Å². The summed E-state index contributed by atoms with van der Waals surface area (Å²) in [6.07, 6.45) is 0. The summed E-state index contributed by atoms with van der Waals surface area (Å²) in [6, 6.07) is 4.27.